The van der Waals surface area contributed by atoms with Gasteiger partial charge in [-0.25, -0.2) is 0 Å². The molecule has 3 nitrogen and oxygen atoms in total. The fourth-order valence-electron chi connectivity index (χ4n) is 1.23. The quantitative estimate of drug-likeness (QED) is 0.907. The standard InChI is InChI=1S/C10H14BrNO2S/c1-7-9(11)5-8(15-7)6-12(2)4-3-10(13)14/h5H,3-4,6H2,1-2H3,(H,13,14). The average molecular weight is 292 g/mol. The zero-order valence-corrected chi connectivity index (χ0v) is 11.2. The van der Waals surface area contributed by atoms with Crippen LogP contribution in [-0.4, -0.2) is 29.6 Å². The van der Waals surface area contributed by atoms with Crippen molar-refractivity contribution in [3.63, 3.8) is 0 Å². The van der Waals surface area contributed by atoms with Gasteiger partial charge < -0.3 is 10.0 Å². The number of carboxylic acids is 1. The van der Waals surface area contributed by atoms with E-state index in [0.29, 0.717) is 6.54 Å². The summed E-state index contributed by atoms with van der Waals surface area (Å²) in [7, 11) is 1.94. The summed E-state index contributed by atoms with van der Waals surface area (Å²) in [5, 5.41) is 8.55. The Bertz CT molecular complexity index is 332. The molecule has 15 heavy (non-hydrogen) atoms. The number of nitrogens with zero attached hydrogens (tertiary/aromatic N) is 1. The molecule has 1 rings (SSSR count). The van der Waals surface area contributed by atoms with E-state index >= 15 is 0 Å². The SMILES string of the molecule is Cc1sc(CN(C)CCC(=O)O)cc1Br. The Hall–Kier alpha value is -0.390. The largest absolute Gasteiger partial charge is 0.481 e. The molecule has 84 valence electrons. The first-order valence-corrected chi connectivity index (χ1v) is 6.25. The number of aryl methyl sites for hydroxylation is 1. The van der Waals surface area contributed by atoms with Gasteiger partial charge in [-0.05, 0) is 36.0 Å². The molecule has 1 aromatic heterocycles. The van der Waals surface area contributed by atoms with E-state index in [-0.39, 0.29) is 6.42 Å². The molecule has 1 N–H and O–H groups in total. The lowest BCUT2D eigenvalue weighted by atomic mass is 10.3. The smallest absolute Gasteiger partial charge is 0.304 e. The van der Waals surface area contributed by atoms with Gasteiger partial charge in [-0.3, -0.25) is 4.79 Å². The number of carboxylic acid groups (broad SMARTS) is 1. The maximum absolute atomic E-state index is 10.4. The normalized spacial score (nSPS) is 10.9. The topological polar surface area (TPSA) is 40.5 Å². The highest BCUT2D eigenvalue weighted by molar-refractivity contribution is 9.10. The van der Waals surface area contributed by atoms with Gasteiger partial charge in [-0.1, -0.05) is 0 Å². The Kier molecular flexibility index (Phi) is 4.76. The van der Waals surface area contributed by atoms with Crippen molar-refractivity contribution in [2.75, 3.05) is 13.6 Å². The van der Waals surface area contributed by atoms with Gasteiger partial charge in [0.05, 0.1) is 6.42 Å². The molecule has 5 heteroatoms. The van der Waals surface area contributed by atoms with Gasteiger partial charge >= 0.3 is 5.97 Å². The molecule has 0 saturated carbocycles. The van der Waals surface area contributed by atoms with E-state index in [1.54, 1.807) is 11.3 Å². The molecule has 0 aromatic carbocycles. The third kappa shape index (κ3) is 4.32. The highest BCUT2D eigenvalue weighted by Gasteiger charge is 2.07. The first-order valence-electron chi connectivity index (χ1n) is 4.64. The Morgan fingerprint density at radius 3 is 2.80 bits per heavy atom. The molecule has 0 spiro atoms. The Morgan fingerprint density at radius 2 is 2.33 bits per heavy atom. The number of halogens is 1. The van der Waals surface area contributed by atoms with Crippen LogP contribution in [0.25, 0.3) is 0 Å². The van der Waals surface area contributed by atoms with Crippen molar-refractivity contribution in [3.05, 3.63) is 20.3 Å². The molecule has 0 aliphatic heterocycles. The summed E-state index contributed by atoms with van der Waals surface area (Å²) in [6, 6.07) is 2.09. The van der Waals surface area contributed by atoms with E-state index in [2.05, 4.69) is 28.9 Å². The molecule has 0 aliphatic rings. The van der Waals surface area contributed by atoms with E-state index in [4.69, 9.17) is 5.11 Å². The molecule has 0 saturated heterocycles. The van der Waals surface area contributed by atoms with Gasteiger partial charge in [0.25, 0.3) is 0 Å². The summed E-state index contributed by atoms with van der Waals surface area (Å²) in [6.07, 6.45) is 0.196. The molecule has 0 bridgehead atoms. The van der Waals surface area contributed by atoms with Crippen molar-refractivity contribution in [2.24, 2.45) is 0 Å². The third-order valence-electron chi connectivity index (χ3n) is 2.04. The second kappa shape index (κ2) is 5.63. The lowest BCUT2D eigenvalue weighted by Gasteiger charge is -2.13. The second-order valence-corrected chi connectivity index (χ2v) is 5.69. The van der Waals surface area contributed by atoms with Crippen molar-refractivity contribution in [1.29, 1.82) is 0 Å². The summed E-state index contributed by atoms with van der Waals surface area (Å²) >= 11 is 5.21. The zero-order chi connectivity index (χ0) is 11.4. The predicted octanol–water partition coefficient (Wildman–Crippen LogP) is 2.73. The fourth-order valence-corrected chi connectivity index (χ4v) is 2.91. The van der Waals surface area contributed by atoms with Gasteiger partial charge in [-0.2, -0.15) is 0 Å². The second-order valence-electron chi connectivity index (χ2n) is 3.50. The lowest BCUT2D eigenvalue weighted by molar-refractivity contribution is -0.137. The minimum atomic E-state index is -0.745. The Labute approximate surface area is 102 Å². The number of rotatable bonds is 5. The van der Waals surface area contributed by atoms with Crippen LogP contribution < -0.4 is 0 Å². The van der Waals surface area contributed by atoms with Crippen molar-refractivity contribution in [2.45, 2.75) is 19.9 Å². The molecule has 0 fully saturated rings. The highest BCUT2D eigenvalue weighted by atomic mass is 79.9. The van der Waals surface area contributed by atoms with Crippen LogP contribution in [0, 0.1) is 6.92 Å². The molecular formula is C10H14BrNO2S. The highest BCUT2D eigenvalue weighted by Crippen LogP contribution is 2.26. The van der Waals surface area contributed by atoms with Crippen LogP contribution in [0.4, 0.5) is 0 Å². The molecule has 0 aliphatic carbocycles. The predicted molar refractivity (Wildman–Crippen MR) is 65.3 cm³/mol. The summed E-state index contributed by atoms with van der Waals surface area (Å²) < 4.78 is 1.13. The van der Waals surface area contributed by atoms with E-state index in [1.807, 2.05) is 11.9 Å². The monoisotopic (exact) mass is 291 g/mol. The summed E-state index contributed by atoms with van der Waals surface area (Å²) in [5.41, 5.74) is 0. The number of aliphatic carboxylic acids is 1. The molecule has 0 atom stereocenters. The molecule has 0 unspecified atom stereocenters. The molecule has 0 amide bonds. The number of thiophene rings is 1. The zero-order valence-electron chi connectivity index (χ0n) is 8.79. The van der Waals surface area contributed by atoms with Crippen LogP contribution in [0.15, 0.2) is 10.5 Å². The minimum absolute atomic E-state index is 0.196. The van der Waals surface area contributed by atoms with Gasteiger partial charge in [0.15, 0.2) is 0 Å². The summed E-state index contributed by atoms with van der Waals surface area (Å²) in [4.78, 5) is 14.9. The number of hydrogen-bond acceptors (Lipinski definition) is 3. The molecule has 0 radical (unpaired) electrons. The van der Waals surface area contributed by atoms with Crippen LogP contribution >= 0.6 is 27.3 Å². The summed E-state index contributed by atoms with van der Waals surface area (Å²) in [5.74, 6) is -0.745. The van der Waals surface area contributed by atoms with Gasteiger partial charge in [0.2, 0.25) is 0 Å². The molecule has 1 aromatic rings. The minimum Gasteiger partial charge on any atom is -0.481 e. The summed E-state index contributed by atoms with van der Waals surface area (Å²) in [6.45, 7) is 3.46. The van der Waals surface area contributed by atoms with Gasteiger partial charge in [0.1, 0.15) is 0 Å². The third-order valence-corrected chi connectivity index (χ3v) is 4.16. The van der Waals surface area contributed by atoms with Crippen LogP contribution in [0.5, 0.6) is 0 Å². The molecular weight excluding hydrogens is 278 g/mol. The first-order chi connectivity index (χ1) is 6.99. The Morgan fingerprint density at radius 1 is 1.67 bits per heavy atom. The van der Waals surface area contributed by atoms with Crippen molar-refractivity contribution >= 4 is 33.2 Å². The number of hydrogen-bond donors (Lipinski definition) is 1. The van der Waals surface area contributed by atoms with Crippen LogP contribution in [0.2, 0.25) is 0 Å². The van der Waals surface area contributed by atoms with E-state index in [1.165, 1.54) is 9.75 Å². The number of carbonyl (C=O) groups is 1. The lowest BCUT2D eigenvalue weighted by Crippen LogP contribution is -2.20. The van der Waals surface area contributed by atoms with E-state index in [0.717, 1.165) is 11.0 Å². The Balaban J connectivity index is 2.44. The maximum atomic E-state index is 10.4. The van der Waals surface area contributed by atoms with Crippen LogP contribution in [0.3, 0.4) is 0 Å². The van der Waals surface area contributed by atoms with Crippen LogP contribution in [-0.2, 0) is 11.3 Å². The van der Waals surface area contributed by atoms with E-state index in [9.17, 15) is 4.79 Å². The van der Waals surface area contributed by atoms with Crippen molar-refractivity contribution in [1.82, 2.24) is 4.90 Å². The van der Waals surface area contributed by atoms with Gasteiger partial charge in [0, 0.05) is 27.3 Å². The molecule has 1 heterocycles. The maximum Gasteiger partial charge on any atom is 0.304 e. The average Bonchev–Trinajstić information content (AvgIpc) is 2.42. The van der Waals surface area contributed by atoms with E-state index < -0.39 is 5.97 Å². The van der Waals surface area contributed by atoms with Crippen molar-refractivity contribution < 1.29 is 9.90 Å². The first kappa shape index (κ1) is 12.7. The van der Waals surface area contributed by atoms with Gasteiger partial charge in [-0.15, -0.1) is 11.3 Å². The fraction of sp³-hybridized carbons (Fsp3) is 0.500. The van der Waals surface area contributed by atoms with Crippen molar-refractivity contribution in [3.8, 4) is 0 Å². The van der Waals surface area contributed by atoms with Crippen LogP contribution in [0.1, 0.15) is 16.2 Å².